The maximum atomic E-state index is 14.0. The largest absolute Gasteiger partial charge is 0.508 e. The number of carbonyl (C=O) groups excluding carboxylic acids is 1. The maximum Gasteiger partial charge on any atom is 0.251 e. The summed E-state index contributed by atoms with van der Waals surface area (Å²) in [6.07, 6.45) is 1.64. The van der Waals surface area contributed by atoms with E-state index in [1.54, 1.807) is 30.0 Å². The number of phenols is 1. The SMILES string of the molecule is COc1c(C)cc(C(=O)NCc2c(O)ccc3ncn(C)c23)cc1F. The molecule has 0 radical (unpaired) electrons. The molecule has 130 valence electrons. The monoisotopic (exact) mass is 343 g/mol. The van der Waals surface area contributed by atoms with E-state index < -0.39 is 11.7 Å². The Labute approximate surface area is 143 Å². The van der Waals surface area contributed by atoms with E-state index in [0.29, 0.717) is 11.1 Å². The number of phenolic OH excluding ortho intramolecular Hbond substituents is 1. The number of aromatic hydroxyl groups is 1. The summed E-state index contributed by atoms with van der Waals surface area (Å²) in [6.45, 7) is 1.76. The number of hydrogen-bond acceptors (Lipinski definition) is 4. The van der Waals surface area contributed by atoms with Gasteiger partial charge >= 0.3 is 0 Å². The van der Waals surface area contributed by atoms with Gasteiger partial charge in [0.2, 0.25) is 0 Å². The van der Waals surface area contributed by atoms with Gasteiger partial charge in [-0.3, -0.25) is 4.79 Å². The first-order chi connectivity index (χ1) is 11.9. The van der Waals surface area contributed by atoms with Crippen molar-refractivity contribution >= 4 is 16.9 Å². The third kappa shape index (κ3) is 3.00. The molecule has 0 spiro atoms. The van der Waals surface area contributed by atoms with Crippen molar-refractivity contribution < 1.29 is 19.0 Å². The first kappa shape index (κ1) is 16.8. The van der Waals surface area contributed by atoms with Crippen molar-refractivity contribution in [3.05, 3.63) is 53.1 Å². The lowest BCUT2D eigenvalue weighted by atomic mass is 10.1. The zero-order valence-electron chi connectivity index (χ0n) is 14.1. The summed E-state index contributed by atoms with van der Waals surface area (Å²) in [4.78, 5) is 16.6. The highest BCUT2D eigenvalue weighted by Crippen LogP contribution is 2.27. The summed E-state index contributed by atoms with van der Waals surface area (Å²) in [5.74, 6) is -0.852. The van der Waals surface area contributed by atoms with E-state index in [0.717, 1.165) is 17.1 Å². The minimum absolute atomic E-state index is 0.0634. The van der Waals surface area contributed by atoms with E-state index in [1.165, 1.54) is 13.2 Å². The third-order valence-corrected chi connectivity index (χ3v) is 4.08. The predicted molar refractivity (Wildman–Crippen MR) is 91.2 cm³/mol. The van der Waals surface area contributed by atoms with Gasteiger partial charge < -0.3 is 19.7 Å². The summed E-state index contributed by atoms with van der Waals surface area (Å²) in [5, 5.41) is 12.8. The van der Waals surface area contributed by atoms with Gasteiger partial charge in [-0.25, -0.2) is 9.37 Å². The van der Waals surface area contributed by atoms with Crippen LogP contribution in [0.25, 0.3) is 11.0 Å². The lowest BCUT2D eigenvalue weighted by Gasteiger charge is -2.11. The van der Waals surface area contributed by atoms with E-state index in [1.807, 2.05) is 7.05 Å². The number of imidazole rings is 1. The van der Waals surface area contributed by atoms with Crippen LogP contribution in [0.1, 0.15) is 21.5 Å². The Hall–Kier alpha value is -3.09. The fourth-order valence-corrected chi connectivity index (χ4v) is 2.88. The Bertz CT molecular complexity index is 943. The summed E-state index contributed by atoms with van der Waals surface area (Å²) in [6, 6.07) is 5.93. The summed E-state index contributed by atoms with van der Waals surface area (Å²) >= 11 is 0. The van der Waals surface area contributed by atoms with Crippen LogP contribution >= 0.6 is 0 Å². The minimum Gasteiger partial charge on any atom is -0.508 e. The number of fused-ring (bicyclic) bond motifs is 1. The number of methoxy groups -OCH3 is 1. The van der Waals surface area contributed by atoms with Crippen LogP contribution in [0, 0.1) is 12.7 Å². The lowest BCUT2D eigenvalue weighted by molar-refractivity contribution is 0.0950. The molecule has 0 atom stereocenters. The molecule has 0 bridgehead atoms. The standard InChI is InChI=1S/C18H18FN3O3/c1-10-6-11(7-13(19)17(10)25-3)18(24)20-8-12-15(23)5-4-14-16(12)22(2)9-21-14/h4-7,9,23H,8H2,1-3H3,(H,20,24). The van der Waals surface area contributed by atoms with Gasteiger partial charge in [-0.15, -0.1) is 0 Å². The van der Waals surface area contributed by atoms with Crippen molar-refractivity contribution in [2.24, 2.45) is 7.05 Å². The van der Waals surface area contributed by atoms with Crippen molar-refractivity contribution in [2.75, 3.05) is 7.11 Å². The lowest BCUT2D eigenvalue weighted by Crippen LogP contribution is -2.23. The Morgan fingerprint density at radius 1 is 1.40 bits per heavy atom. The van der Waals surface area contributed by atoms with Gasteiger partial charge in [-0.1, -0.05) is 0 Å². The quantitative estimate of drug-likeness (QED) is 0.764. The number of benzene rings is 2. The molecule has 7 heteroatoms. The number of nitrogens with zero attached hydrogens (tertiary/aromatic N) is 2. The molecule has 25 heavy (non-hydrogen) atoms. The Morgan fingerprint density at radius 2 is 2.16 bits per heavy atom. The predicted octanol–water partition coefficient (Wildman–Crippen LogP) is 2.67. The van der Waals surface area contributed by atoms with Gasteiger partial charge in [0.25, 0.3) is 5.91 Å². The first-order valence-corrected chi connectivity index (χ1v) is 7.66. The number of carbonyl (C=O) groups is 1. The van der Waals surface area contributed by atoms with Crippen molar-refractivity contribution in [2.45, 2.75) is 13.5 Å². The van der Waals surface area contributed by atoms with Gasteiger partial charge in [0.1, 0.15) is 5.75 Å². The van der Waals surface area contributed by atoms with Gasteiger partial charge in [0, 0.05) is 24.7 Å². The molecule has 0 aliphatic rings. The molecule has 0 aliphatic heterocycles. The average Bonchev–Trinajstić information content (AvgIpc) is 2.95. The van der Waals surface area contributed by atoms with Crippen LogP contribution in [0.3, 0.4) is 0 Å². The number of rotatable bonds is 4. The van der Waals surface area contributed by atoms with Crippen LogP contribution in [-0.4, -0.2) is 27.7 Å². The van der Waals surface area contributed by atoms with Gasteiger partial charge in [-0.05, 0) is 36.8 Å². The van der Waals surface area contributed by atoms with Crippen molar-refractivity contribution in [1.82, 2.24) is 14.9 Å². The molecule has 3 rings (SSSR count). The molecular weight excluding hydrogens is 325 g/mol. The second-order valence-electron chi connectivity index (χ2n) is 5.78. The molecule has 0 unspecified atom stereocenters. The topological polar surface area (TPSA) is 76.4 Å². The molecule has 0 saturated carbocycles. The highest BCUT2D eigenvalue weighted by Gasteiger charge is 2.16. The van der Waals surface area contributed by atoms with E-state index in [4.69, 9.17) is 4.74 Å². The van der Waals surface area contributed by atoms with Crippen molar-refractivity contribution in [3.63, 3.8) is 0 Å². The third-order valence-electron chi connectivity index (χ3n) is 4.08. The molecule has 0 saturated heterocycles. The van der Waals surface area contributed by atoms with Crippen LogP contribution in [0.2, 0.25) is 0 Å². The zero-order chi connectivity index (χ0) is 18.1. The molecule has 2 aromatic carbocycles. The van der Waals surface area contributed by atoms with Crippen LogP contribution < -0.4 is 10.1 Å². The van der Waals surface area contributed by atoms with Crippen LogP contribution in [0.5, 0.6) is 11.5 Å². The molecule has 0 fully saturated rings. The number of halogens is 1. The molecule has 1 aromatic heterocycles. The maximum absolute atomic E-state index is 14.0. The molecule has 2 N–H and O–H groups in total. The number of nitrogens with one attached hydrogen (secondary N) is 1. The minimum atomic E-state index is -0.593. The highest BCUT2D eigenvalue weighted by molar-refractivity contribution is 5.95. The van der Waals surface area contributed by atoms with Crippen molar-refractivity contribution in [1.29, 1.82) is 0 Å². The van der Waals surface area contributed by atoms with Crippen molar-refractivity contribution in [3.8, 4) is 11.5 Å². The second-order valence-corrected chi connectivity index (χ2v) is 5.78. The van der Waals surface area contributed by atoms with Crippen LogP contribution in [-0.2, 0) is 13.6 Å². The summed E-state index contributed by atoms with van der Waals surface area (Å²) in [5.41, 5.74) is 2.72. The fourth-order valence-electron chi connectivity index (χ4n) is 2.88. The number of aryl methyl sites for hydroxylation is 2. The molecule has 1 heterocycles. The summed E-state index contributed by atoms with van der Waals surface area (Å²) < 4.78 is 20.7. The Balaban J connectivity index is 1.86. The van der Waals surface area contributed by atoms with Gasteiger partial charge in [0.05, 0.1) is 24.5 Å². The van der Waals surface area contributed by atoms with E-state index in [2.05, 4.69) is 10.3 Å². The van der Waals surface area contributed by atoms with Crippen LogP contribution in [0.4, 0.5) is 4.39 Å². The normalized spacial score (nSPS) is 10.9. The molecule has 3 aromatic rings. The van der Waals surface area contributed by atoms with Gasteiger partial charge in [0.15, 0.2) is 11.6 Å². The second kappa shape index (κ2) is 6.43. The fraction of sp³-hybridized carbons (Fsp3) is 0.222. The smallest absolute Gasteiger partial charge is 0.251 e. The average molecular weight is 343 g/mol. The molecule has 0 aliphatic carbocycles. The van der Waals surface area contributed by atoms with E-state index in [-0.39, 0.29) is 23.6 Å². The van der Waals surface area contributed by atoms with Gasteiger partial charge in [-0.2, -0.15) is 0 Å². The first-order valence-electron chi connectivity index (χ1n) is 7.66. The summed E-state index contributed by atoms with van der Waals surface area (Å²) in [7, 11) is 3.19. The number of hydrogen-bond donors (Lipinski definition) is 2. The number of amides is 1. The molecule has 1 amide bonds. The number of ether oxygens (including phenoxy) is 1. The molecule has 6 nitrogen and oxygen atoms in total. The Kier molecular flexibility index (Phi) is 4.31. The Morgan fingerprint density at radius 3 is 2.84 bits per heavy atom. The number of aromatic nitrogens is 2. The van der Waals surface area contributed by atoms with E-state index >= 15 is 0 Å². The highest BCUT2D eigenvalue weighted by atomic mass is 19.1. The van der Waals surface area contributed by atoms with E-state index in [9.17, 15) is 14.3 Å². The molecular formula is C18H18FN3O3. The van der Waals surface area contributed by atoms with Crippen LogP contribution in [0.15, 0.2) is 30.6 Å². The zero-order valence-corrected chi connectivity index (χ0v) is 14.1.